The fourth-order valence-corrected chi connectivity index (χ4v) is 4.28. The molecule has 1 aromatic carbocycles. The Hall–Kier alpha value is -0.820. The van der Waals surface area contributed by atoms with Crippen molar-refractivity contribution in [3.63, 3.8) is 0 Å². The number of aromatic nitrogens is 1. The first-order chi connectivity index (χ1) is 10.1. The molecule has 1 aliphatic heterocycles. The van der Waals surface area contributed by atoms with E-state index < -0.39 is 0 Å². The molecule has 1 amide bonds. The van der Waals surface area contributed by atoms with Crippen molar-refractivity contribution < 1.29 is 9.53 Å². The quantitative estimate of drug-likeness (QED) is 0.836. The predicted molar refractivity (Wildman–Crippen MR) is 86.4 cm³/mol. The number of carbonyl (C=O) groups is 1. The minimum absolute atomic E-state index is 0.101. The summed E-state index contributed by atoms with van der Waals surface area (Å²) < 4.78 is 6.14. The van der Waals surface area contributed by atoms with Crippen molar-refractivity contribution >= 4 is 56.4 Å². The van der Waals surface area contributed by atoms with E-state index in [4.69, 9.17) is 27.9 Å². The Morgan fingerprint density at radius 3 is 3.10 bits per heavy atom. The van der Waals surface area contributed by atoms with E-state index in [0.29, 0.717) is 29.1 Å². The Bertz CT molecular complexity index is 684. The van der Waals surface area contributed by atoms with E-state index in [1.165, 1.54) is 11.3 Å². The largest absolute Gasteiger partial charge is 0.476 e. The molecule has 2 aromatic rings. The summed E-state index contributed by atoms with van der Waals surface area (Å²) in [5.74, 6) is 0.152. The van der Waals surface area contributed by atoms with Crippen LogP contribution in [-0.4, -0.2) is 17.5 Å². The second-order valence-electron chi connectivity index (χ2n) is 4.45. The molecule has 0 radical (unpaired) electrons. The van der Waals surface area contributed by atoms with Crippen LogP contribution in [0.4, 0.5) is 0 Å². The van der Waals surface area contributed by atoms with Crippen LogP contribution in [0.25, 0.3) is 0 Å². The topological polar surface area (TPSA) is 51.2 Å². The van der Waals surface area contributed by atoms with Gasteiger partial charge in [0.25, 0.3) is 0 Å². The highest BCUT2D eigenvalue weighted by atomic mass is 79.9. The number of nitrogens with one attached hydrogen (secondary N) is 1. The van der Waals surface area contributed by atoms with Gasteiger partial charge < -0.3 is 10.1 Å². The smallest absolute Gasteiger partial charge is 0.232 e. The summed E-state index contributed by atoms with van der Waals surface area (Å²) in [5, 5.41) is 3.93. The number of ether oxygens (including phenoxy) is 1. The van der Waals surface area contributed by atoms with Crippen molar-refractivity contribution in [2.24, 2.45) is 0 Å². The van der Waals surface area contributed by atoms with Crippen LogP contribution in [0.2, 0.25) is 10.0 Å². The number of fused-ring (bicyclic) bond motifs is 1. The van der Waals surface area contributed by atoms with Gasteiger partial charge in [-0.3, -0.25) is 4.79 Å². The molecule has 0 bridgehead atoms. The van der Waals surface area contributed by atoms with Gasteiger partial charge in [-0.1, -0.05) is 39.1 Å². The number of nitrogens with zero attached hydrogens (tertiary/aromatic N) is 1. The molecule has 0 saturated carbocycles. The van der Waals surface area contributed by atoms with Crippen LogP contribution in [0.5, 0.6) is 5.88 Å². The molecule has 1 N–H and O–H groups in total. The molecule has 1 aromatic heterocycles. The highest BCUT2D eigenvalue weighted by Gasteiger charge is 2.32. The minimum Gasteiger partial charge on any atom is -0.476 e. The Morgan fingerprint density at radius 2 is 2.33 bits per heavy atom. The molecule has 4 nitrogen and oxygen atoms in total. The molecule has 0 fully saturated rings. The molecule has 3 rings (SSSR count). The van der Waals surface area contributed by atoms with Gasteiger partial charge in [0, 0.05) is 26.6 Å². The van der Waals surface area contributed by atoms with Crippen LogP contribution in [-0.2, 0) is 11.3 Å². The SMILES string of the molecule is O=C(NCc1c(Cl)cc(Cl)cc1Br)[C@@H]1COc2ncsc21. The summed E-state index contributed by atoms with van der Waals surface area (Å²) in [6.45, 7) is 0.649. The Balaban J connectivity index is 1.70. The van der Waals surface area contributed by atoms with Gasteiger partial charge in [0.05, 0.1) is 10.4 Å². The fourth-order valence-electron chi connectivity index (χ4n) is 2.06. The molecule has 110 valence electrons. The van der Waals surface area contributed by atoms with E-state index >= 15 is 0 Å². The predicted octanol–water partition coefficient (Wildman–Crippen LogP) is 4.00. The molecule has 8 heteroatoms. The summed E-state index contributed by atoms with van der Waals surface area (Å²) in [6, 6.07) is 3.39. The first-order valence-electron chi connectivity index (χ1n) is 6.03. The Morgan fingerprint density at radius 1 is 1.52 bits per heavy atom. The van der Waals surface area contributed by atoms with E-state index in [1.54, 1.807) is 17.6 Å². The molecular formula is C13H9BrCl2N2O2S. The van der Waals surface area contributed by atoms with Crippen LogP contribution >= 0.6 is 50.5 Å². The minimum atomic E-state index is -0.308. The van der Waals surface area contributed by atoms with E-state index in [9.17, 15) is 4.79 Å². The third-order valence-electron chi connectivity index (χ3n) is 3.13. The fraction of sp³-hybridized carbons (Fsp3) is 0.231. The van der Waals surface area contributed by atoms with Crippen molar-refractivity contribution in [3.05, 3.63) is 42.6 Å². The molecule has 1 aliphatic rings. The normalized spacial score (nSPS) is 16.4. The van der Waals surface area contributed by atoms with Crippen molar-refractivity contribution in [2.45, 2.75) is 12.5 Å². The molecular weight excluding hydrogens is 399 g/mol. The summed E-state index contributed by atoms with van der Waals surface area (Å²) in [7, 11) is 0. The number of hydrogen-bond donors (Lipinski definition) is 1. The van der Waals surface area contributed by atoms with Gasteiger partial charge in [-0.15, -0.1) is 11.3 Å². The van der Waals surface area contributed by atoms with Gasteiger partial charge >= 0.3 is 0 Å². The molecule has 0 aliphatic carbocycles. The number of amides is 1. The van der Waals surface area contributed by atoms with Gasteiger partial charge in [0.15, 0.2) is 0 Å². The van der Waals surface area contributed by atoms with Gasteiger partial charge in [-0.05, 0) is 12.1 Å². The molecule has 1 atom stereocenters. The lowest BCUT2D eigenvalue weighted by Crippen LogP contribution is -2.29. The summed E-state index contributed by atoms with van der Waals surface area (Å²) in [5.41, 5.74) is 2.47. The Kier molecular flexibility index (Phi) is 4.40. The highest BCUT2D eigenvalue weighted by Crippen LogP contribution is 2.36. The van der Waals surface area contributed by atoms with Crippen LogP contribution in [0.3, 0.4) is 0 Å². The number of hydrogen-bond acceptors (Lipinski definition) is 4. The average Bonchev–Trinajstić information content (AvgIpc) is 2.99. The summed E-state index contributed by atoms with van der Waals surface area (Å²) >= 11 is 16.9. The van der Waals surface area contributed by atoms with E-state index in [1.807, 2.05) is 0 Å². The maximum Gasteiger partial charge on any atom is 0.232 e. The van der Waals surface area contributed by atoms with E-state index in [2.05, 4.69) is 26.2 Å². The molecule has 2 heterocycles. The van der Waals surface area contributed by atoms with Crippen LogP contribution in [0.15, 0.2) is 22.1 Å². The average molecular weight is 408 g/mol. The second kappa shape index (κ2) is 6.12. The number of halogens is 3. The first kappa shape index (κ1) is 15.1. The number of rotatable bonds is 3. The van der Waals surface area contributed by atoms with Gasteiger partial charge in [0.1, 0.15) is 12.5 Å². The number of benzene rings is 1. The lowest BCUT2D eigenvalue weighted by atomic mass is 10.1. The zero-order valence-corrected chi connectivity index (χ0v) is 14.4. The monoisotopic (exact) mass is 406 g/mol. The van der Waals surface area contributed by atoms with Gasteiger partial charge in [-0.25, -0.2) is 4.98 Å². The van der Waals surface area contributed by atoms with E-state index in [-0.39, 0.29) is 11.8 Å². The van der Waals surface area contributed by atoms with Crippen molar-refractivity contribution in [3.8, 4) is 5.88 Å². The van der Waals surface area contributed by atoms with E-state index in [0.717, 1.165) is 14.9 Å². The molecule has 0 spiro atoms. The van der Waals surface area contributed by atoms with Crippen LogP contribution < -0.4 is 10.1 Å². The van der Waals surface area contributed by atoms with Crippen molar-refractivity contribution in [2.75, 3.05) is 6.61 Å². The first-order valence-corrected chi connectivity index (χ1v) is 8.46. The zero-order valence-electron chi connectivity index (χ0n) is 10.5. The molecule has 21 heavy (non-hydrogen) atoms. The molecule has 0 unspecified atom stereocenters. The van der Waals surface area contributed by atoms with Gasteiger partial charge in [-0.2, -0.15) is 0 Å². The number of carbonyl (C=O) groups excluding carboxylic acids is 1. The standard InChI is InChI=1S/C13H9BrCl2N2O2S/c14-9-1-6(15)2-10(16)7(9)3-17-12(19)8-4-20-13-11(8)21-5-18-13/h1-2,5,8H,3-4H2,(H,17,19)/t8-/m1/s1. The third kappa shape index (κ3) is 3.04. The zero-order chi connectivity index (χ0) is 15.0. The second-order valence-corrected chi connectivity index (χ2v) is 7.04. The summed E-state index contributed by atoms with van der Waals surface area (Å²) in [6.07, 6.45) is 0. The summed E-state index contributed by atoms with van der Waals surface area (Å²) in [4.78, 5) is 17.2. The lowest BCUT2D eigenvalue weighted by molar-refractivity contribution is -0.122. The Labute approximate surface area is 143 Å². The maximum atomic E-state index is 12.3. The lowest BCUT2D eigenvalue weighted by Gasteiger charge is -2.12. The van der Waals surface area contributed by atoms with Crippen LogP contribution in [0, 0.1) is 0 Å². The van der Waals surface area contributed by atoms with Crippen molar-refractivity contribution in [1.82, 2.24) is 10.3 Å². The maximum absolute atomic E-state index is 12.3. The van der Waals surface area contributed by atoms with Gasteiger partial charge in [0.2, 0.25) is 11.8 Å². The number of thiazole rings is 1. The highest BCUT2D eigenvalue weighted by molar-refractivity contribution is 9.10. The van der Waals surface area contributed by atoms with Crippen LogP contribution in [0.1, 0.15) is 16.4 Å². The molecule has 0 saturated heterocycles. The van der Waals surface area contributed by atoms with Crippen molar-refractivity contribution in [1.29, 1.82) is 0 Å². The third-order valence-corrected chi connectivity index (χ3v) is 5.31.